The zero-order chi connectivity index (χ0) is 18.9. The van der Waals surface area contributed by atoms with Gasteiger partial charge in [-0.3, -0.25) is 4.99 Å². The van der Waals surface area contributed by atoms with Crippen molar-refractivity contribution in [2.45, 2.75) is 11.8 Å². The molecule has 2 heterocycles. The molecule has 0 bridgehead atoms. The van der Waals surface area contributed by atoms with Crippen LogP contribution in [0.4, 0.5) is 5.69 Å². The lowest BCUT2D eigenvalue weighted by Gasteiger charge is -2.26. The molecule has 0 spiro atoms. The summed E-state index contributed by atoms with van der Waals surface area (Å²) in [5.41, 5.74) is 2.07. The lowest BCUT2D eigenvalue weighted by Crippen LogP contribution is -2.40. The Kier molecular flexibility index (Phi) is 4.86. The van der Waals surface area contributed by atoms with E-state index < -0.39 is 10.0 Å². The van der Waals surface area contributed by atoms with E-state index in [2.05, 4.69) is 4.99 Å². The molecule has 1 saturated heterocycles. The highest BCUT2D eigenvalue weighted by molar-refractivity contribution is 7.89. The summed E-state index contributed by atoms with van der Waals surface area (Å²) in [5.74, 6) is 1.35. The molecule has 2 aromatic rings. The first-order chi connectivity index (χ1) is 13.0. The van der Waals surface area contributed by atoms with Gasteiger partial charge >= 0.3 is 0 Å². The molecule has 0 saturated carbocycles. The molecule has 0 unspecified atom stereocenters. The molecule has 142 valence electrons. The molecule has 0 aromatic heterocycles. The van der Waals surface area contributed by atoms with Crippen LogP contribution in [0.15, 0.2) is 46.3 Å². The lowest BCUT2D eigenvalue weighted by molar-refractivity contribution is 0.0730. The van der Waals surface area contributed by atoms with E-state index >= 15 is 0 Å². The summed E-state index contributed by atoms with van der Waals surface area (Å²) in [5, 5.41) is 0. The average Bonchev–Trinajstić information content (AvgIpc) is 3.15. The Bertz CT molecular complexity index is 982. The Hall–Kier alpha value is -2.42. The molecule has 0 atom stereocenters. The molecule has 1 fully saturated rings. The van der Waals surface area contributed by atoms with Gasteiger partial charge in [0, 0.05) is 19.3 Å². The van der Waals surface area contributed by atoms with Gasteiger partial charge in [0.2, 0.25) is 16.8 Å². The van der Waals surface area contributed by atoms with Crippen molar-refractivity contribution < 1.29 is 22.6 Å². The number of ether oxygens (including phenoxy) is 3. The van der Waals surface area contributed by atoms with Crippen LogP contribution in [0.25, 0.3) is 0 Å². The minimum Gasteiger partial charge on any atom is -0.454 e. The summed E-state index contributed by atoms with van der Waals surface area (Å²) in [6, 6.07) is 10.7. The Morgan fingerprint density at radius 3 is 2.63 bits per heavy atom. The monoisotopic (exact) mass is 388 g/mol. The maximum absolute atomic E-state index is 13.1. The molecule has 0 aliphatic carbocycles. The van der Waals surface area contributed by atoms with Crippen molar-refractivity contribution in [3.8, 4) is 11.5 Å². The molecule has 0 N–H and O–H groups in total. The predicted molar refractivity (Wildman–Crippen MR) is 101 cm³/mol. The van der Waals surface area contributed by atoms with Gasteiger partial charge in [-0.15, -0.1) is 0 Å². The van der Waals surface area contributed by atoms with Crippen LogP contribution in [0, 0.1) is 6.92 Å². The Labute approximate surface area is 158 Å². The highest BCUT2D eigenvalue weighted by Gasteiger charge is 2.28. The maximum Gasteiger partial charge on any atom is 0.245 e. The van der Waals surface area contributed by atoms with Gasteiger partial charge in [-0.05, 0) is 48.4 Å². The third-order valence-corrected chi connectivity index (χ3v) is 6.38. The largest absolute Gasteiger partial charge is 0.454 e. The topological polar surface area (TPSA) is 77.4 Å². The van der Waals surface area contributed by atoms with Crippen molar-refractivity contribution in [2.24, 2.45) is 4.99 Å². The minimum absolute atomic E-state index is 0.204. The van der Waals surface area contributed by atoms with Gasteiger partial charge in [0.1, 0.15) is 4.90 Å². The summed E-state index contributed by atoms with van der Waals surface area (Å²) < 4.78 is 43.6. The molecular formula is C19H20N2O5S. The smallest absolute Gasteiger partial charge is 0.245 e. The number of nitrogens with zero attached hydrogens (tertiary/aromatic N) is 2. The van der Waals surface area contributed by atoms with E-state index in [1.807, 2.05) is 31.2 Å². The van der Waals surface area contributed by atoms with E-state index in [0.717, 1.165) is 11.1 Å². The number of sulfonamides is 1. The maximum atomic E-state index is 13.1. The van der Waals surface area contributed by atoms with E-state index in [4.69, 9.17) is 14.2 Å². The number of fused-ring (bicyclic) bond motifs is 1. The van der Waals surface area contributed by atoms with E-state index in [-0.39, 0.29) is 11.7 Å². The third kappa shape index (κ3) is 3.69. The van der Waals surface area contributed by atoms with Gasteiger partial charge in [0.15, 0.2) is 11.5 Å². The summed E-state index contributed by atoms with van der Waals surface area (Å²) in [7, 11) is -3.63. The van der Waals surface area contributed by atoms with Crippen molar-refractivity contribution in [2.75, 3.05) is 33.1 Å². The standard InChI is InChI=1S/C19H20N2O5S/c1-14-2-4-16(19(10-14)27(22,23)21-6-8-24-9-7-21)20-12-15-3-5-17-18(11-15)26-13-25-17/h2-5,10-12H,6-9,13H2,1H3. The van der Waals surface area contributed by atoms with Crippen LogP contribution < -0.4 is 9.47 Å². The normalized spacial score (nSPS) is 17.5. The van der Waals surface area contributed by atoms with Crippen LogP contribution in [-0.4, -0.2) is 52.0 Å². The second-order valence-electron chi connectivity index (χ2n) is 6.36. The van der Waals surface area contributed by atoms with Crippen LogP contribution in [0.2, 0.25) is 0 Å². The molecule has 27 heavy (non-hydrogen) atoms. The fourth-order valence-electron chi connectivity index (χ4n) is 3.00. The van der Waals surface area contributed by atoms with Crippen LogP contribution in [0.5, 0.6) is 11.5 Å². The van der Waals surface area contributed by atoms with E-state index in [9.17, 15) is 8.42 Å². The van der Waals surface area contributed by atoms with Gasteiger partial charge in [-0.1, -0.05) is 6.07 Å². The second-order valence-corrected chi connectivity index (χ2v) is 8.26. The summed E-state index contributed by atoms with van der Waals surface area (Å²) in [6.45, 7) is 3.57. The fraction of sp³-hybridized carbons (Fsp3) is 0.316. The predicted octanol–water partition coefficient (Wildman–Crippen LogP) is 2.50. The lowest BCUT2D eigenvalue weighted by atomic mass is 10.2. The summed E-state index contributed by atoms with van der Waals surface area (Å²) in [4.78, 5) is 4.66. The molecule has 8 heteroatoms. The second kappa shape index (κ2) is 7.30. The number of aliphatic imine (C=N–C) groups is 1. The number of rotatable bonds is 4. The molecule has 2 aliphatic rings. The van der Waals surface area contributed by atoms with E-state index in [1.165, 1.54) is 4.31 Å². The Balaban J connectivity index is 1.67. The van der Waals surface area contributed by atoms with Crippen molar-refractivity contribution in [3.05, 3.63) is 47.5 Å². The Morgan fingerprint density at radius 1 is 1.04 bits per heavy atom. The molecule has 0 radical (unpaired) electrons. The van der Waals surface area contributed by atoms with Gasteiger partial charge < -0.3 is 14.2 Å². The van der Waals surface area contributed by atoms with Crippen LogP contribution in [0.3, 0.4) is 0 Å². The molecule has 2 aromatic carbocycles. The zero-order valence-electron chi connectivity index (χ0n) is 14.9. The number of aryl methyl sites for hydroxylation is 1. The summed E-state index contributed by atoms with van der Waals surface area (Å²) in [6.07, 6.45) is 1.63. The van der Waals surface area contributed by atoms with Crippen molar-refractivity contribution in [1.29, 1.82) is 0 Å². The van der Waals surface area contributed by atoms with Crippen molar-refractivity contribution in [3.63, 3.8) is 0 Å². The van der Waals surface area contributed by atoms with Crippen LogP contribution >= 0.6 is 0 Å². The van der Waals surface area contributed by atoms with E-state index in [1.54, 1.807) is 18.3 Å². The zero-order valence-corrected chi connectivity index (χ0v) is 15.7. The number of hydrogen-bond acceptors (Lipinski definition) is 6. The van der Waals surface area contributed by atoms with Crippen LogP contribution in [0.1, 0.15) is 11.1 Å². The molecular weight excluding hydrogens is 368 g/mol. The molecule has 0 amide bonds. The fourth-order valence-corrected chi connectivity index (χ4v) is 4.63. The van der Waals surface area contributed by atoms with Gasteiger partial charge in [-0.25, -0.2) is 8.42 Å². The minimum atomic E-state index is -3.63. The van der Waals surface area contributed by atoms with Crippen molar-refractivity contribution in [1.82, 2.24) is 4.31 Å². The Morgan fingerprint density at radius 2 is 1.81 bits per heavy atom. The van der Waals surface area contributed by atoms with Gasteiger partial charge in [0.25, 0.3) is 0 Å². The van der Waals surface area contributed by atoms with Gasteiger partial charge in [0.05, 0.1) is 18.9 Å². The number of benzene rings is 2. The average molecular weight is 388 g/mol. The van der Waals surface area contributed by atoms with Gasteiger partial charge in [-0.2, -0.15) is 4.31 Å². The highest BCUT2D eigenvalue weighted by Crippen LogP contribution is 2.33. The first-order valence-electron chi connectivity index (χ1n) is 8.66. The SMILES string of the molecule is Cc1ccc(N=Cc2ccc3c(c2)OCO3)c(S(=O)(=O)N2CCOCC2)c1. The van der Waals surface area contributed by atoms with Crippen LogP contribution in [-0.2, 0) is 14.8 Å². The first-order valence-corrected chi connectivity index (χ1v) is 10.1. The quantitative estimate of drug-likeness (QED) is 0.752. The summed E-state index contributed by atoms with van der Waals surface area (Å²) >= 11 is 0. The molecule has 4 rings (SSSR count). The molecule has 7 nitrogen and oxygen atoms in total. The number of hydrogen-bond donors (Lipinski definition) is 0. The van der Waals surface area contributed by atoms with Crippen molar-refractivity contribution >= 4 is 21.9 Å². The number of morpholine rings is 1. The van der Waals surface area contributed by atoms with E-state index in [0.29, 0.717) is 43.5 Å². The molecule has 2 aliphatic heterocycles. The first kappa shape index (κ1) is 18.0. The highest BCUT2D eigenvalue weighted by atomic mass is 32.2. The third-order valence-electron chi connectivity index (χ3n) is 4.45.